The Morgan fingerprint density at radius 1 is 1.55 bits per heavy atom. The fourth-order valence-corrected chi connectivity index (χ4v) is 3.41. The molecule has 0 amide bonds. The lowest BCUT2D eigenvalue weighted by Crippen LogP contribution is -2.36. The lowest BCUT2D eigenvalue weighted by molar-refractivity contribution is -0.152. The van der Waals surface area contributed by atoms with Crippen molar-refractivity contribution in [3.05, 3.63) is 6.33 Å². The second kappa shape index (κ2) is 7.11. The van der Waals surface area contributed by atoms with Crippen molar-refractivity contribution in [3.63, 3.8) is 0 Å². The average molecular weight is 297 g/mol. The van der Waals surface area contributed by atoms with Crippen LogP contribution in [0.1, 0.15) is 40.0 Å². The average Bonchev–Trinajstić information content (AvgIpc) is 2.89. The van der Waals surface area contributed by atoms with Gasteiger partial charge in [0.15, 0.2) is 5.16 Å². The lowest BCUT2D eigenvalue weighted by Gasteiger charge is -2.36. The molecule has 1 aliphatic rings. The van der Waals surface area contributed by atoms with Crippen molar-refractivity contribution in [1.29, 1.82) is 0 Å². The van der Waals surface area contributed by atoms with Crippen LogP contribution in [0.4, 0.5) is 0 Å². The fraction of sp³-hybridized carbons (Fsp3) is 0.786. The molecule has 1 N–H and O–H groups in total. The number of esters is 1. The predicted molar refractivity (Wildman–Crippen MR) is 78.3 cm³/mol. The summed E-state index contributed by atoms with van der Waals surface area (Å²) in [5.74, 6) is 1.82. The van der Waals surface area contributed by atoms with Crippen LogP contribution in [0.3, 0.4) is 0 Å². The van der Waals surface area contributed by atoms with Crippen LogP contribution >= 0.6 is 11.8 Å². The number of nitrogens with one attached hydrogen (secondary N) is 1. The van der Waals surface area contributed by atoms with E-state index in [9.17, 15) is 4.79 Å². The standard InChI is InChI=1S/C14H23N3O2S/c1-9(2)11-5-4-10(3)6-12(11)19-13(18)7-20-14-15-8-16-17-14/h8-12H,4-7H2,1-3H3,(H,15,16,17)/t10-,11-,12-/m1/s1. The van der Waals surface area contributed by atoms with Gasteiger partial charge in [-0.3, -0.25) is 9.89 Å². The summed E-state index contributed by atoms with van der Waals surface area (Å²) >= 11 is 1.33. The van der Waals surface area contributed by atoms with Gasteiger partial charge in [0.1, 0.15) is 12.4 Å². The van der Waals surface area contributed by atoms with Crippen LogP contribution in [0.2, 0.25) is 0 Å². The van der Waals surface area contributed by atoms with Crippen LogP contribution in [0.5, 0.6) is 0 Å². The minimum atomic E-state index is -0.156. The third-order valence-corrected chi connectivity index (χ3v) is 4.81. The highest BCUT2D eigenvalue weighted by Crippen LogP contribution is 2.35. The van der Waals surface area contributed by atoms with Crippen LogP contribution in [0, 0.1) is 17.8 Å². The van der Waals surface area contributed by atoms with Gasteiger partial charge < -0.3 is 4.74 Å². The predicted octanol–water partition coefficient (Wildman–Crippen LogP) is 2.90. The molecule has 0 unspecified atom stereocenters. The number of H-pyrrole nitrogens is 1. The van der Waals surface area contributed by atoms with E-state index in [1.54, 1.807) is 0 Å². The number of ether oxygens (including phenoxy) is 1. The summed E-state index contributed by atoms with van der Waals surface area (Å²) < 4.78 is 5.71. The first-order chi connectivity index (χ1) is 9.56. The molecule has 5 nitrogen and oxygen atoms in total. The van der Waals surface area contributed by atoms with Crippen LogP contribution in [0.15, 0.2) is 11.5 Å². The van der Waals surface area contributed by atoms with Gasteiger partial charge in [-0.15, -0.1) is 0 Å². The molecule has 0 aliphatic heterocycles. The monoisotopic (exact) mass is 297 g/mol. The molecule has 1 aromatic rings. The maximum Gasteiger partial charge on any atom is 0.316 e. The molecule has 0 aromatic carbocycles. The first-order valence-corrected chi connectivity index (χ1v) is 8.22. The Hall–Kier alpha value is -1.04. The van der Waals surface area contributed by atoms with Crippen LogP contribution in [-0.2, 0) is 9.53 Å². The van der Waals surface area contributed by atoms with Gasteiger partial charge in [0.2, 0.25) is 0 Å². The molecule has 1 heterocycles. The van der Waals surface area contributed by atoms with E-state index in [1.807, 2.05) is 0 Å². The van der Waals surface area contributed by atoms with E-state index >= 15 is 0 Å². The van der Waals surface area contributed by atoms with E-state index in [1.165, 1.54) is 24.5 Å². The molecular weight excluding hydrogens is 274 g/mol. The molecule has 0 spiro atoms. The number of carbonyl (C=O) groups is 1. The quantitative estimate of drug-likeness (QED) is 0.668. The van der Waals surface area contributed by atoms with Crippen molar-refractivity contribution in [1.82, 2.24) is 15.2 Å². The topological polar surface area (TPSA) is 67.9 Å². The van der Waals surface area contributed by atoms with Crippen molar-refractivity contribution in [2.75, 3.05) is 5.75 Å². The van der Waals surface area contributed by atoms with Gasteiger partial charge in [-0.1, -0.05) is 39.0 Å². The summed E-state index contributed by atoms with van der Waals surface area (Å²) in [5, 5.41) is 7.13. The van der Waals surface area contributed by atoms with Gasteiger partial charge in [0.05, 0.1) is 5.75 Å². The van der Waals surface area contributed by atoms with Crippen molar-refractivity contribution in [3.8, 4) is 0 Å². The molecule has 0 bridgehead atoms. The van der Waals surface area contributed by atoms with E-state index in [2.05, 4.69) is 36.0 Å². The second-order valence-electron chi connectivity index (χ2n) is 5.93. The SMILES string of the molecule is CC(C)[C@H]1CC[C@@H](C)C[C@H]1OC(=O)CSc1ncn[nH]1. The van der Waals surface area contributed by atoms with Gasteiger partial charge in [0, 0.05) is 0 Å². The first-order valence-electron chi connectivity index (χ1n) is 7.24. The normalized spacial score (nSPS) is 26.7. The number of hydrogen-bond acceptors (Lipinski definition) is 5. The maximum atomic E-state index is 12.0. The molecule has 6 heteroatoms. The van der Waals surface area contributed by atoms with Gasteiger partial charge in [-0.25, -0.2) is 4.98 Å². The molecule has 1 saturated carbocycles. The highest BCUT2D eigenvalue weighted by atomic mass is 32.2. The van der Waals surface area contributed by atoms with Crippen molar-refractivity contribution >= 4 is 17.7 Å². The molecule has 0 saturated heterocycles. The van der Waals surface area contributed by atoms with Gasteiger partial charge in [-0.2, -0.15) is 5.10 Å². The number of aromatic amines is 1. The molecule has 2 rings (SSSR count). The molecular formula is C14H23N3O2S. The molecule has 3 atom stereocenters. The number of aromatic nitrogens is 3. The zero-order valence-corrected chi connectivity index (χ0v) is 13.2. The van der Waals surface area contributed by atoms with Crippen molar-refractivity contribution in [2.24, 2.45) is 17.8 Å². The molecule has 0 radical (unpaired) electrons. The maximum absolute atomic E-state index is 12.0. The van der Waals surface area contributed by atoms with Gasteiger partial charge >= 0.3 is 5.97 Å². The Kier molecular flexibility index (Phi) is 5.46. The Labute approximate surface area is 124 Å². The zero-order valence-electron chi connectivity index (χ0n) is 12.3. The molecule has 1 aromatic heterocycles. The number of rotatable bonds is 5. The number of carbonyl (C=O) groups excluding carboxylic acids is 1. The van der Waals surface area contributed by atoms with Gasteiger partial charge in [-0.05, 0) is 30.6 Å². The summed E-state index contributed by atoms with van der Waals surface area (Å²) in [7, 11) is 0. The Morgan fingerprint density at radius 3 is 3.00 bits per heavy atom. The highest BCUT2D eigenvalue weighted by molar-refractivity contribution is 7.99. The van der Waals surface area contributed by atoms with Crippen LogP contribution in [0.25, 0.3) is 0 Å². The third-order valence-electron chi connectivity index (χ3n) is 3.96. The Bertz CT molecular complexity index is 422. The van der Waals surface area contributed by atoms with Crippen LogP contribution < -0.4 is 0 Å². The first kappa shape index (κ1) is 15.4. The smallest absolute Gasteiger partial charge is 0.316 e. The van der Waals surface area contributed by atoms with Crippen LogP contribution in [-0.4, -0.2) is 33.0 Å². The summed E-state index contributed by atoms with van der Waals surface area (Å²) in [4.78, 5) is 16.0. The molecule has 1 aliphatic carbocycles. The van der Waals surface area contributed by atoms with E-state index in [0.29, 0.717) is 22.9 Å². The summed E-state index contributed by atoms with van der Waals surface area (Å²) in [6.07, 6.45) is 4.89. The zero-order chi connectivity index (χ0) is 14.5. The highest BCUT2D eigenvalue weighted by Gasteiger charge is 2.33. The Balaban J connectivity index is 1.84. The minimum absolute atomic E-state index is 0.0709. The molecule has 1 fully saturated rings. The Morgan fingerprint density at radius 2 is 2.35 bits per heavy atom. The number of thioether (sulfide) groups is 1. The van der Waals surface area contributed by atoms with Crippen molar-refractivity contribution in [2.45, 2.75) is 51.3 Å². The summed E-state index contributed by atoms with van der Waals surface area (Å²) in [6.45, 7) is 6.66. The largest absolute Gasteiger partial charge is 0.461 e. The van der Waals surface area contributed by atoms with E-state index in [-0.39, 0.29) is 17.8 Å². The number of hydrogen-bond donors (Lipinski definition) is 1. The lowest BCUT2D eigenvalue weighted by atomic mass is 9.75. The second-order valence-corrected chi connectivity index (χ2v) is 6.90. The summed E-state index contributed by atoms with van der Waals surface area (Å²) in [5.41, 5.74) is 0. The fourth-order valence-electron chi connectivity index (χ4n) is 2.84. The molecule has 20 heavy (non-hydrogen) atoms. The summed E-state index contributed by atoms with van der Waals surface area (Å²) in [6, 6.07) is 0. The van der Waals surface area contributed by atoms with E-state index in [0.717, 1.165) is 12.8 Å². The van der Waals surface area contributed by atoms with E-state index in [4.69, 9.17) is 4.74 Å². The number of nitrogens with zero attached hydrogens (tertiary/aromatic N) is 2. The third kappa shape index (κ3) is 4.23. The van der Waals surface area contributed by atoms with Crippen molar-refractivity contribution < 1.29 is 9.53 Å². The van der Waals surface area contributed by atoms with E-state index < -0.39 is 0 Å². The molecule has 112 valence electrons. The van der Waals surface area contributed by atoms with Gasteiger partial charge in [0.25, 0.3) is 0 Å². The minimum Gasteiger partial charge on any atom is -0.461 e.